The predicted octanol–water partition coefficient (Wildman–Crippen LogP) is 3.27. The number of aromatic nitrogens is 2. The Morgan fingerprint density at radius 3 is 2.94 bits per heavy atom. The highest BCUT2D eigenvalue weighted by atomic mass is 35.5. The van der Waals surface area contributed by atoms with Crippen molar-refractivity contribution >= 4 is 17.3 Å². The number of para-hydroxylation sites is 1. The summed E-state index contributed by atoms with van der Waals surface area (Å²) in [4.78, 5) is 0. The molecule has 88 valence electrons. The smallest absolute Gasteiger partial charge is 0.0628 e. The lowest BCUT2D eigenvalue weighted by molar-refractivity contribution is 0.678. The van der Waals surface area contributed by atoms with Crippen LogP contribution in [0.4, 0.5) is 5.69 Å². The lowest BCUT2D eigenvalue weighted by Gasteiger charge is -2.02. The molecule has 0 unspecified atom stereocenters. The second-order valence-corrected chi connectivity index (χ2v) is 4.19. The number of hydrogen-bond acceptors (Lipinski definition) is 2. The highest BCUT2D eigenvalue weighted by Crippen LogP contribution is 2.24. The number of benzene rings is 1. The van der Waals surface area contributed by atoms with E-state index in [2.05, 4.69) is 5.10 Å². The van der Waals surface area contributed by atoms with Crippen LogP contribution in [0.2, 0.25) is 0 Å². The minimum absolute atomic E-state index is 0.691. The van der Waals surface area contributed by atoms with Crippen LogP contribution in [0.5, 0.6) is 0 Å². The van der Waals surface area contributed by atoms with Gasteiger partial charge in [-0.25, -0.2) is 0 Å². The maximum absolute atomic E-state index is 5.92. The highest BCUT2D eigenvalue weighted by molar-refractivity contribution is 6.25. The SMILES string of the molecule is C/C(=C/Cl)Cn1cc(-c2ccccc2N)cn1. The number of allylic oxidation sites excluding steroid dienone is 1. The first-order valence-corrected chi connectivity index (χ1v) is 5.77. The Labute approximate surface area is 106 Å². The zero-order valence-corrected chi connectivity index (χ0v) is 10.4. The molecule has 0 saturated heterocycles. The van der Waals surface area contributed by atoms with Crippen LogP contribution in [0, 0.1) is 0 Å². The average molecular weight is 248 g/mol. The van der Waals surface area contributed by atoms with Crippen LogP contribution in [0.1, 0.15) is 6.92 Å². The zero-order valence-electron chi connectivity index (χ0n) is 9.60. The third kappa shape index (κ3) is 2.68. The van der Waals surface area contributed by atoms with Crippen molar-refractivity contribution in [2.75, 3.05) is 5.73 Å². The molecule has 4 heteroatoms. The molecule has 2 rings (SSSR count). The van der Waals surface area contributed by atoms with Gasteiger partial charge in [0.05, 0.1) is 12.7 Å². The monoisotopic (exact) mass is 247 g/mol. The van der Waals surface area contributed by atoms with E-state index in [1.165, 1.54) is 0 Å². The van der Waals surface area contributed by atoms with Crippen molar-refractivity contribution in [1.29, 1.82) is 0 Å². The second-order valence-electron chi connectivity index (χ2n) is 3.97. The van der Waals surface area contributed by atoms with Crippen LogP contribution in [-0.2, 0) is 6.54 Å². The number of rotatable bonds is 3. The number of halogens is 1. The molecule has 0 aliphatic carbocycles. The summed E-state index contributed by atoms with van der Waals surface area (Å²) in [7, 11) is 0. The largest absolute Gasteiger partial charge is 0.398 e. The van der Waals surface area contributed by atoms with Crippen molar-refractivity contribution in [3.05, 3.63) is 47.8 Å². The summed E-state index contributed by atoms with van der Waals surface area (Å²) < 4.78 is 1.84. The maximum atomic E-state index is 5.92. The average Bonchev–Trinajstić information content (AvgIpc) is 2.78. The summed E-state index contributed by atoms with van der Waals surface area (Å²) in [5.41, 5.74) is 11.3. The van der Waals surface area contributed by atoms with E-state index in [1.807, 2.05) is 48.3 Å². The molecule has 0 aliphatic heterocycles. The molecule has 0 radical (unpaired) electrons. The van der Waals surface area contributed by atoms with Crippen molar-refractivity contribution in [3.8, 4) is 11.1 Å². The quantitative estimate of drug-likeness (QED) is 0.846. The van der Waals surface area contributed by atoms with Crippen LogP contribution in [0.25, 0.3) is 11.1 Å². The Morgan fingerprint density at radius 2 is 2.24 bits per heavy atom. The third-order valence-electron chi connectivity index (χ3n) is 2.50. The van der Waals surface area contributed by atoms with Gasteiger partial charge in [-0.15, -0.1) is 0 Å². The lowest BCUT2D eigenvalue weighted by atomic mass is 10.1. The van der Waals surface area contributed by atoms with Gasteiger partial charge in [0.25, 0.3) is 0 Å². The van der Waals surface area contributed by atoms with Gasteiger partial charge in [0.15, 0.2) is 0 Å². The summed E-state index contributed by atoms with van der Waals surface area (Å²) in [6.07, 6.45) is 3.78. The summed E-state index contributed by atoms with van der Waals surface area (Å²) in [5.74, 6) is 0. The van der Waals surface area contributed by atoms with Gasteiger partial charge in [-0.1, -0.05) is 29.8 Å². The number of hydrogen-bond donors (Lipinski definition) is 1. The van der Waals surface area contributed by atoms with Crippen LogP contribution < -0.4 is 5.73 Å². The second kappa shape index (κ2) is 5.06. The minimum atomic E-state index is 0.691. The first-order chi connectivity index (χ1) is 8.20. The Bertz CT molecular complexity index is 543. The first-order valence-electron chi connectivity index (χ1n) is 5.34. The normalized spacial score (nSPS) is 11.8. The fourth-order valence-corrected chi connectivity index (χ4v) is 1.71. The molecule has 0 atom stereocenters. The highest BCUT2D eigenvalue weighted by Gasteiger charge is 2.04. The molecule has 2 N–H and O–H groups in total. The molecule has 0 amide bonds. The molecular formula is C13H14ClN3. The van der Waals surface area contributed by atoms with Gasteiger partial charge < -0.3 is 5.73 Å². The van der Waals surface area contributed by atoms with Gasteiger partial charge in [0.1, 0.15) is 0 Å². The Morgan fingerprint density at radius 1 is 1.47 bits per heavy atom. The van der Waals surface area contributed by atoms with Gasteiger partial charge in [-0.3, -0.25) is 4.68 Å². The van der Waals surface area contributed by atoms with Gasteiger partial charge in [0.2, 0.25) is 0 Å². The first kappa shape index (κ1) is 11.7. The fraction of sp³-hybridized carbons (Fsp3) is 0.154. The molecule has 0 saturated carbocycles. The Kier molecular flexibility index (Phi) is 3.49. The van der Waals surface area contributed by atoms with Crippen molar-refractivity contribution in [2.24, 2.45) is 0 Å². The molecule has 0 fully saturated rings. The standard InChI is InChI=1S/C13H14ClN3/c1-10(6-14)8-17-9-11(7-16-17)12-4-2-3-5-13(12)15/h2-7,9H,8,15H2,1H3/b10-6-. The van der Waals surface area contributed by atoms with Gasteiger partial charge >= 0.3 is 0 Å². The summed E-state index contributed by atoms with van der Waals surface area (Å²) >= 11 is 5.63. The Balaban J connectivity index is 2.27. The van der Waals surface area contributed by atoms with E-state index in [1.54, 1.807) is 5.54 Å². The van der Waals surface area contributed by atoms with E-state index < -0.39 is 0 Å². The van der Waals surface area contributed by atoms with Crippen molar-refractivity contribution in [2.45, 2.75) is 13.5 Å². The van der Waals surface area contributed by atoms with Gasteiger partial charge in [-0.2, -0.15) is 5.10 Å². The maximum Gasteiger partial charge on any atom is 0.0628 e. The van der Waals surface area contributed by atoms with Gasteiger partial charge in [-0.05, 0) is 18.6 Å². The van der Waals surface area contributed by atoms with Crippen LogP contribution in [-0.4, -0.2) is 9.78 Å². The van der Waals surface area contributed by atoms with E-state index >= 15 is 0 Å². The number of nitrogens with zero attached hydrogens (tertiary/aromatic N) is 2. The van der Waals surface area contributed by atoms with Crippen LogP contribution >= 0.6 is 11.6 Å². The summed E-state index contributed by atoms with van der Waals surface area (Å²) in [6.45, 7) is 2.65. The number of nitrogen functional groups attached to an aromatic ring is 1. The van der Waals surface area contributed by atoms with Crippen molar-refractivity contribution < 1.29 is 0 Å². The molecule has 1 heterocycles. The molecule has 3 nitrogen and oxygen atoms in total. The minimum Gasteiger partial charge on any atom is -0.398 e. The van der Waals surface area contributed by atoms with Gasteiger partial charge in [0, 0.05) is 28.5 Å². The fourth-order valence-electron chi connectivity index (χ4n) is 1.64. The molecule has 0 aliphatic rings. The predicted molar refractivity (Wildman–Crippen MR) is 71.7 cm³/mol. The van der Waals surface area contributed by atoms with Crippen molar-refractivity contribution in [3.63, 3.8) is 0 Å². The molecule has 0 spiro atoms. The van der Waals surface area contributed by atoms with E-state index in [0.717, 1.165) is 22.4 Å². The molecule has 0 bridgehead atoms. The Hall–Kier alpha value is -1.74. The van der Waals surface area contributed by atoms with E-state index in [4.69, 9.17) is 17.3 Å². The van der Waals surface area contributed by atoms with E-state index in [0.29, 0.717) is 6.54 Å². The molecular weight excluding hydrogens is 234 g/mol. The van der Waals surface area contributed by atoms with E-state index in [-0.39, 0.29) is 0 Å². The van der Waals surface area contributed by atoms with Crippen molar-refractivity contribution in [1.82, 2.24) is 9.78 Å². The summed E-state index contributed by atoms with van der Waals surface area (Å²) in [5, 5.41) is 4.28. The summed E-state index contributed by atoms with van der Waals surface area (Å²) in [6, 6.07) is 7.76. The topological polar surface area (TPSA) is 43.8 Å². The zero-order chi connectivity index (χ0) is 12.3. The third-order valence-corrected chi connectivity index (χ3v) is 2.88. The molecule has 2 aromatic rings. The van der Waals surface area contributed by atoms with Crippen LogP contribution in [0.3, 0.4) is 0 Å². The molecule has 1 aromatic heterocycles. The molecule has 1 aromatic carbocycles. The lowest BCUT2D eigenvalue weighted by Crippen LogP contribution is -1.98. The molecule has 17 heavy (non-hydrogen) atoms. The van der Waals surface area contributed by atoms with E-state index in [9.17, 15) is 0 Å². The number of anilines is 1. The van der Waals surface area contributed by atoms with Crippen LogP contribution in [0.15, 0.2) is 47.8 Å². The number of nitrogens with two attached hydrogens (primary N) is 1.